The topological polar surface area (TPSA) is 111 Å². The van der Waals surface area contributed by atoms with Crippen molar-refractivity contribution in [2.45, 2.75) is 13.5 Å². The molecule has 174 valence electrons. The molecule has 2 aromatic heterocycles. The Bertz CT molecular complexity index is 1230. The molecular formula is C22H25ClN6O4. The predicted octanol–water partition coefficient (Wildman–Crippen LogP) is 2.17. The Morgan fingerprint density at radius 3 is 2.79 bits per heavy atom. The number of nitrogens with one attached hydrogen (secondary N) is 2. The summed E-state index contributed by atoms with van der Waals surface area (Å²) in [6.45, 7) is 4.78. The maximum Gasteiger partial charge on any atom is 0.293 e. The number of fused-ring (bicyclic) bond motifs is 1. The van der Waals surface area contributed by atoms with E-state index in [1.54, 1.807) is 16.8 Å². The van der Waals surface area contributed by atoms with Gasteiger partial charge in [0.25, 0.3) is 11.5 Å². The number of aryl methyl sites for hydroxylation is 1. The molecule has 0 spiro atoms. The van der Waals surface area contributed by atoms with Crippen LogP contribution in [0, 0.1) is 0 Å². The summed E-state index contributed by atoms with van der Waals surface area (Å²) in [6.07, 6.45) is 1.57. The maximum absolute atomic E-state index is 12.8. The second kappa shape index (κ2) is 10.1. The third-order valence-corrected chi connectivity index (χ3v) is 5.58. The highest BCUT2D eigenvalue weighted by molar-refractivity contribution is 6.32. The van der Waals surface area contributed by atoms with Gasteiger partial charge in [-0.25, -0.2) is 4.98 Å². The minimum Gasteiger partial charge on any atom is -0.478 e. The Morgan fingerprint density at radius 1 is 1.27 bits per heavy atom. The van der Waals surface area contributed by atoms with E-state index >= 15 is 0 Å². The van der Waals surface area contributed by atoms with Crippen LogP contribution < -0.4 is 25.8 Å². The Kier molecular flexibility index (Phi) is 6.95. The van der Waals surface area contributed by atoms with Gasteiger partial charge >= 0.3 is 0 Å². The molecule has 33 heavy (non-hydrogen) atoms. The number of carbonyl (C=O) groups excluding carboxylic acids is 1. The second-order valence-corrected chi connectivity index (χ2v) is 7.79. The Hall–Kier alpha value is -3.37. The molecule has 1 saturated heterocycles. The lowest BCUT2D eigenvalue weighted by atomic mass is 10.1. The summed E-state index contributed by atoms with van der Waals surface area (Å²) in [6, 6.07) is 7.22. The summed E-state index contributed by atoms with van der Waals surface area (Å²) in [7, 11) is 1.51. The van der Waals surface area contributed by atoms with E-state index in [4.69, 9.17) is 21.1 Å². The van der Waals surface area contributed by atoms with Crippen molar-refractivity contribution in [2.24, 2.45) is 0 Å². The minimum absolute atomic E-state index is 0.111. The molecular weight excluding hydrogens is 448 g/mol. The van der Waals surface area contributed by atoms with Crippen molar-refractivity contribution < 1.29 is 14.3 Å². The lowest BCUT2D eigenvalue weighted by Crippen LogP contribution is -2.37. The van der Waals surface area contributed by atoms with Crippen LogP contribution in [0.1, 0.15) is 6.92 Å². The number of pyridine rings is 1. The Balaban J connectivity index is 1.65. The molecule has 1 aromatic carbocycles. The molecule has 3 heterocycles. The highest BCUT2D eigenvalue weighted by atomic mass is 35.5. The fourth-order valence-corrected chi connectivity index (χ4v) is 3.71. The summed E-state index contributed by atoms with van der Waals surface area (Å²) in [4.78, 5) is 35.3. The number of hydrogen-bond acceptors (Lipinski definition) is 8. The van der Waals surface area contributed by atoms with E-state index in [1.165, 1.54) is 7.05 Å². The molecule has 0 aliphatic carbocycles. The highest BCUT2D eigenvalue weighted by Crippen LogP contribution is 2.28. The Labute approximate surface area is 195 Å². The SMILES string of the molecule is CCn1c(=O)c(OCC(=O)NC)cc2cc(Nc3nc(N4CCOCC4)ncc3Cl)ccc21. The highest BCUT2D eigenvalue weighted by Gasteiger charge is 2.16. The van der Waals surface area contributed by atoms with Gasteiger partial charge in [-0.1, -0.05) is 11.6 Å². The van der Waals surface area contributed by atoms with E-state index in [-0.39, 0.29) is 23.8 Å². The first-order valence-electron chi connectivity index (χ1n) is 10.6. The van der Waals surface area contributed by atoms with Gasteiger partial charge in [0.2, 0.25) is 5.95 Å². The van der Waals surface area contributed by atoms with Crippen molar-refractivity contribution in [3.05, 3.63) is 45.8 Å². The van der Waals surface area contributed by atoms with Crippen LogP contribution in [-0.4, -0.2) is 60.4 Å². The molecule has 3 aromatic rings. The van der Waals surface area contributed by atoms with Crippen LogP contribution >= 0.6 is 11.6 Å². The fourth-order valence-electron chi connectivity index (χ4n) is 3.57. The number of aromatic nitrogens is 3. The van der Waals surface area contributed by atoms with Gasteiger partial charge < -0.3 is 29.6 Å². The normalized spacial score (nSPS) is 13.7. The van der Waals surface area contributed by atoms with Crippen LogP contribution in [0.2, 0.25) is 5.02 Å². The average molecular weight is 473 g/mol. The van der Waals surface area contributed by atoms with Crippen LogP contribution in [0.3, 0.4) is 0 Å². The zero-order valence-corrected chi connectivity index (χ0v) is 19.2. The monoisotopic (exact) mass is 472 g/mol. The van der Waals surface area contributed by atoms with Crippen molar-refractivity contribution in [3.8, 4) is 5.75 Å². The van der Waals surface area contributed by atoms with Gasteiger partial charge in [-0.2, -0.15) is 4.98 Å². The molecule has 0 bridgehead atoms. The minimum atomic E-state index is -0.317. The standard InChI is InChI=1S/C22H25ClN6O4/c1-3-29-17-5-4-15(10-14(17)11-18(21(29)31)33-13-19(30)24-2)26-20-16(23)12-25-22(27-20)28-6-8-32-9-7-28/h4-5,10-12H,3,6-9,13H2,1-2H3,(H,24,30)(H,25,26,27). The molecule has 1 fully saturated rings. The number of anilines is 3. The molecule has 1 aliphatic rings. The van der Waals surface area contributed by atoms with Gasteiger partial charge in [0.15, 0.2) is 18.2 Å². The summed E-state index contributed by atoms with van der Waals surface area (Å²) in [5.74, 6) is 0.852. The smallest absolute Gasteiger partial charge is 0.293 e. The van der Waals surface area contributed by atoms with Crippen molar-refractivity contribution >= 4 is 45.9 Å². The van der Waals surface area contributed by atoms with Gasteiger partial charge in [0.1, 0.15) is 5.02 Å². The van der Waals surface area contributed by atoms with Gasteiger partial charge in [0.05, 0.1) is 24.9 Å². The summed E-state index contributed by atoms with van der Waals surface area (Å²) >= 11 is 6.35. The summed E-state index contributed by atoms with van der Waals surface area (Å²) < 4.78 is 12.5. The zero-order chi connectivity index (χ0) is 23.4. The summed E-state index contributed by atoms with van der Waals surface area (Å²) in [5.41, 5.74) is 1.20. The van der Waals surface area contributed by atoms with Crippen molar-refractivity contribution in [1.82, 2.24) is 19.9 Å². The van der Waals surface area contributed by atoms with E-state index in [9.17, 15) is 9.59 Å². The van der Waals surface area contributed by atoms with Crippen LogP contribution in [0.4, 0.5) is 17.5 Å². The number of hydrogen-bond donors (Lipinski definition) is 2. The molecule has 11 heteroatoms. The van der Waals surface area contributed by atoms with Gasteiger partial charge in [0, 0.05) is 37.8 Å². The van der Waals surface area contributed by atoms with Gasteiger partial charge in [-0.15, -0.1) is 0 Å². The third kappa shape index (κ3) is 5.01. The van der Waals surface area contributed by atoms with E-state index in [2.05, 4.69) is 20.6 Å². The van der Waals surface area contributed by atoms with E-state index in [0.717, 1.165) is 16.6 Å². The van der Waals surface area contributed by atoms with Crippen molar-refractivity contribution in [2.75, 3.05) is 50.2 Å². The third-order valence-electron chi connectivity index (χ3n) is 5.30. The molecule has 10 nitrogen and oxygen atoms in total. The van der Waals surface area contributed by atoms with E-state index < -0.39 is 0 Å². The number of ether oxygens (including phenoxy) is 2. The largest absolute Gasteiger partial charge is 0.478 e. The zero-order valence-electron chi connectivity index (χ0n) is 18.4. The first kappa shape index (κ1) is 22.8. The molecule has 0 radical (unpaired) electrons. The molecule has 4 rings (SSSR count). The number of halogens is 1. The van der Waals surface area contributed by atoms with E-state index in [0.29, 0.717) is 49.6 Å². The molecule has 0 atom stereocenters. The lowest BCUT2D eigenvalue weighted by Gasteiger charge is -2.27. The number of carbonyl (C=O) groups is 1. The molecule has 2 N–H and O–H groups in total. The number of morpholine rings is 1. The van der Waals surface area contributed by atoms with Crippen LogP contribution in [0.15, 0.2) is 35.3 Å². The first-order valence-corrected chi connectivity index (χ1v) is 11.0. The average Bonchev–Trinajstić information content (AvgIpc) is 2.84. The van der Waals surface area contributed by atoms with Crippen LogP contribution in [-0.2, 0) is 16.1 Å². The lowest BCUT2D eigenvalue weighted by molar-refractivity contribution is -0.122. The maximum atomic E-state index is 12.8. The van der Waals surface area contributed by atoms with Crippen LogP contribution in [0.5, 0.6) is 5.75 Å². The predicted molar refractivity (Wildman–Crippen MR) is 127 cm³/mol. The number of likely N-dealkylation sites (N-methyl/N-ethyl adjacent to an activating group) is 1. The number of amides is 1. The van der Waals surface area contributed by atoms with Crippen LogP contribution in [0.25, 0.3) is 10.9 Å². The quantitative estimate of drug-likeness (QED) is 0.538. The van der Waals surface area contributed by atoms with Crippen molar-refractivity contribution in [3.63, 3.8) is 0 Å². The number of rotatable bonds is 7. The number of nitrogens with zero attached hydrogens (tertiary/aromatic N) is 4. The molecule has 1 amide bonds. The molecule has 0 unspecified atom stereocenters. The first-order chi connectivity index (χ1) is 16.0. The summed E-state index contributed by atoms with van der Waals surface area (Å²) in [5, 5.41) is 6.87. The van der Waals surface area contributed by atoms with Gasteiger partial charge in [-0.05, 0) is 31.2 Å². The second-order valence-electron chi connectivity index (χ2n) is 7.38. The fraction of sp³-hybridized carbons (Fsp3) is 0.364. The van der Waals surface area contributed by atoms with E-state index in [1.807, 2.05) is 30.0 Å². The van der Waals surface area contributed by atoms with Crippen molar-refractivity contribution in [1.29, 1.82) is 0 Å². The molecule has 0 saturated carbocycles. The Morgan fingerprint density at radius 2 is 2.06 bits per heavy atom. The number of benzene rings is 1. The molecule has 1 aliphatic heterocycles. The van der Waals surface area contributed by atoms with Gasteiger partial charge in [-0.3, -0.25) is 9.59 Å².